The van der Waals surface area contributed by atoms with Gasteiger partial charge in [0, 0.05) is 6.92 Å². The van der Waals surface area contributed by atoms with Crippen LogP contribution in [0.5, 0.6) is 0 Å². The zero-order valence-corrected chi connectivity index (χ0v) is 11.8. The lowest BCUT2D eigenvalue weighted by Gasteiger charge is -2.41. The normalized spacial score (nSPS) is 14.1. The molecule has 0 fully saturated rings. The van der Waals surface area contributed by atoms with E-state index in [-0.39, 0.29) is 6.23 Å². The van der Waals surface area contributed by atoms with Crippen molar-refractivity contribution in [3.8, 4) is 0 Å². The molecule has 0 saturated heterocycles. The van der Waals surface area contributed by atoms with Gasteiger partial charge in [0.15, 0.2) is 6.23 Å². The monoisotopic (exact) mass is 230 g/mol. The molecule has 0 aromatic carbocycles. The fourth-order valence-corrected chi connectivity index (χ4v) is 2.31. The van der Waals surface area contributed by atoms with Crippen molar-refractivity contribution in [1.29, 1.82) is 0 Å². The molecule has 1 unspecified atom stereocenters. The molecule has 1 atom stereocenters. The highest BCUT2D eigenvalue weighted by molar-refractivity contribution is 4.48. The quantitative estimate of drug-likeness (QED) is 0.449. The van der Waals surface area contributed by atoms with Gasteiger partial charge in [0.2, 0.25) is 0 Å². The molecule has 0 radical (unpaired) electrons. The number of rotatable bonds is 10. The molecule has 0 aliphatic rings. The minimum absolute atomic E-state index is 0.204. The summed E-state index contributed by atoms with van der Waals surface area (Å²) >= 11 is 0. The van der Waals surface area contributed by atoms with Gasteiger partial charge in [-0.25, -0.2) is 0 Å². The van der Waals surface area contributed by atoms with E-state index in [9.17, 15) is 5.11 Å². The molecule has 0 spiro atoms. The fourth-order valence-electron chi connectivity index (χ4n) is 2.31. The number of aliphatic hydroxyl groups is 1. The predicted molar refractivity (Wildman–Crippen MR) is 71.3 cm³/mol. The Labute approximate surface area is 102 Å². The molecule has 0 aliphatic heterocycles. The summed E-state index contributed by atoms with van der Waals surface area (Å²) in [5, 5.41) is 10.1. The van der Waals surface area contributed by atoms with Crippen LogP contribution in [0.4, 0.5) is 0 Å². The topological polar surface area (TPSA) is 20.2 Å². The first-order chi connectivity index (χ1) is 7.63. The van der Waals surface area contributed by atoms with E-state index in [1.807, 2.05) is 6.92 Å². The van der Waals surface area contributed by atoms with Gasteiger partial charge in [0.05, 0.1) is 19.6 Å². The highest BCUT2D eigenvalue weighted by atomic mass is 16.3. The van der Waals surface area contributed by atoms with Gasteiger partial charge in [-0.15, -0.1) is 0 Å². The van der Waals surface area contributed by atoms with Crippen LogP contribution in [0.3, 0.4) is 0 Å². The SMILES string of the molecule is CCCC[N+](CCCC)(CCCC)C(C)O. The van der Waals surface area contributed by atoms with Crippen LogP contribution in [0, 0.1) is 0 Å². The molecule has 0 rings (SSSR count). The third-order valence-electron chi connectivity index (χ3n) is 3.66. The lowest BCUT2D eigenvalue weighted by atomic mass is 10.1. The molecular formula is C14H32NO+. The molecule has 1 N–H and O–H groups in total. The predicted octanol–water partition coefficient (Wildman–Crippen LogP) is 3.54. The first kappa shape index (κ1) is 15.9. The second-order valence-corrected chi connectivity index (χ2v) is 5.08. The summed E-state index contributed by atoms with van der Waals surface area (Å²) in [6, 6.07) is 0. The smallest absolute Gasteiger partial charge is 0.187 e. The van der Waals surface area contributed by atoms with Crippen LogP contribution < -0.4 is 0 Å². The molecule has 16 heavy (non-hydrogen) atoms. The van der Waals surface area contributed by atoms with Crippen LogP contribution in [-0.4, -0.2) is 35.5 Å². The summed E-state index contributed by atoms with van der Waals surface area (Å²) in [7, 11) is 0. The summed E-state index contributed by atoms with van der Waals surface area (Å²) in [5.74, 6) is 0. The van der Waals surface area contributed by atoms with E-state index < -0.39 is 0 Å². The summed E-state index contributed by atoms with van der Waals surface area (Å²) in [6.45, 7) is 12.1. The molecular weight excluding hydrogens is 198 g/mol. The van der Waals surface area contributed by atoms with Gasteiger partial charge in [-0.2, -0.15) is 0 Å². The molecule has 0 aromatic rings. The van der Waals surface area contributed by atoms with Crippen molar-refractivity contribution in [2.45, 2.75) is 72.4 Å². The first-order valence-electron chi connectivity index (χ1n) is 7.16. The lowest BCUT2D eigenvalue weighted by molar-refractivity contribution is -0.969. The summed E-state index contributed by atoms with van der Waals surface area (Å²) < 4.78 is 0.926. The van der Waals surface area contributed by atoms with Crippen molar-refractivity contribution in [1.82, 2.24) is 0 Å². The van der Waals surface area contributed by atoms with E-state index in [0.717, 1.165) is 24.1 Å². The van der Waals surface area contributed by atoms with Crippen LogP contribution >= 0.6 is 0 Å². The Kier molecular flexibility index (Phi) is 8.96. The van der Waals surface area contributed by atoms with Gasteiger partial charge < -0.3 is 5.11 Å². The van der Waals surface area contributed by atoms with Crippen LogP contribution in [-0.2, 0) is 0 Å². The average molecular weight is 230 g/mol. The van der Waals surface area contributed by atoms with E-state index in [1.165, 1.54) is 38.5 Å². The summed E-state index contributed by atoms with van der Waals surface area (Å²) in [6.07, 6.45) is 7.18. The molecule has 0 bridgehead atoms. The van der Waals surface area contributed by atoms with E-state index in [2.05, 4.69) is 20.8 Å². The Morgan fingerprint density at radius 1 is 0.812 bits per heavy atom. The number of aliphatic hydroxyl groups excluding tert-OH is 1. The Bertz CT molecular complexity index is 135. The van der Waals surface area contributed by atoms with Crippen molar-refractivity contribution >= 4 is 0 Å². The highest BCUT2D eigenvalue weighted by Gasteiger charge is 2.30. The number of nitrogens with zero attached hydrogens (tertiary/aromatic N) is 1. The van der Waals surface area contributed by atoms with E-state index in [4.69, 9.17) is 0 Å². The van der Waals surface area contributed by atoms with Gasteiger partial charge in [0.25, 0.3) is 0 Å². The van der Waals surface area contributed by atoms with Crippen LogP contribution in [0.2, 0.25) is 0 Å². The molecule has 0 amide bonds. The molecule has 0 aliphatic carbocycles. The number of quaternary nitrogens is 1. The van der Waals surface area contributed by atoms with Gasteiger partial charge in [-0.05, 0) is 19.3 Å². The van der Waals surface area contributed by atoms with E-state index >= 15 is 0 Å². The maximum absolute atomic E-state index is 10.1. The standard InChI is InChI=1S/C14H32NO/c1-5-8-11-15(14(4)16,12-9-6-2)13-10-7-3/h14,16H,5-13H2,1-4H3/q+1. The van der Waals surface area contributed by atoms with Crippen molar-refractivity contribution in [3.05, 3.63) is 0 Å². The van der Waals surface area contributed by atoms with Crippen LogP contribution in [0.15, 0.2) is 0 Å². The number of hydrogen-bond donors (Lipinski definition) is 1. The summed E-state index contributed by atoms with van der Waals surface area (Å²) in [4.78, 5) is 0. The maximum Gasteiger partial charge on any atom is 0.187 e. The molecule has 0 aromatic heterocycles. The molecule has 0 heterocycles. The van der Waals surface area contributed by atoms with Gasteiger partial charge in [-0.3, -0.25) is 4.48 Å². The fraction of sp³-hybridized carbons (Fsp3) is 1.00. The van der Waals surface area contributed by atoms with Gasteiger partial charge >= 0.3 is 0 Å². The second kappa shape index (κ2) is 9.00. The number of unbranched alkanes of at least 4 members (excludes halogenated alkanes) is 3. The Balaban J connectivity index is 4.46. The number of hydrogen-bond acceptors (Lipinski definition) is 1. The van der Waals surface area contributed by atoms with Crippen molar-refractivity contribution < 1.29 is 9.59 Å². The minimum atomic E-state index is -0.204. The molecule has 98 valence electrons. The average Bonchev–Trinajstić information content (AvgIpc) is 2.28. The lowest BCUT2D eigenvalue weighted by Crippen LogP contribution is -2.56. The van der Waals surface area contributed by atoms with Crippen molar-refractivity contribution in [2.24, 2.45) is 0 Å². The third-order valence-corrected chi connectivity index (χ3v) is 3.66. The molecule has 2 nitrogen and oxygen atoms in total. The van der Waals surface area contributed by atoms with Gasteiger partial charge in [0.1, 0.15) is 0 Å². The zero-order valence-electron chi connectivity index (χ0n) is 11.8. The zero-order chi connectivity index (χ0) is 12.4. The first-order valence-corrected chi connectivity index (χ1v) is 7.16. The largest absolute Gasteiger partial charge is 0.345 e. The van der Waals surface area contributed by atoms with Crippen molar-refractivity contribution in [2.75, 3.05) is 19.6 Å². The van der Waals surface area contributed by atoms with Crippen LogP contribution in [0.1, 0.15) is 66.2 Å². The molecule has 2 heteroatoms. The minimum Gasteiger partial charge on any atom is -0.345 e. The maximum atomic E-state index is 10.1. The Hall–Kier alpha value is -0.0800. The molecule has 0 saturated carbocycles. The Morgan fingerprint density at radius 2 is 1.12 bits per heavy atom. The van der Waals surface area contributed by atoms with E-state index in [1.54, 1.807) is 0 Å². The van der Waals surface area contributed by atoms with Gasteiger partial charge in [-0.1, -0.05) is 40.0 Å². The summed E-state index contributed by atoms with van der Waals surface area (Å²) in [5.41, 5.74) is 0. The highest BCUT2D eigenvalue weighted by Crippen LogP contribution is 2.18. The van der Waals surface area contributed by atoms with Crippen LogP contribution in [0.25, 0.3) is 0 Å². The third kappa shape index (κ3) is 5.31. The Morgan fingerprint density at radius 3 is 1.31 bits per heavy atom. The van der Waals surface area contributed by atoms with Crippen molar-refractivity contribution in [3.63, 3.8) is 0 Å². The van der Waals surface area contributed by atoms with E-state index in [0.29, 0.717) is 0 Å². The second-order valence-electron chi connectivity index (χ2n) is 5.08.